The summed E-state index contributed by atoms with van der Waals surface area (Å²) in [6, 6.07) is 3.65. The first-order valence-electron chi connectivity index (χ1n) is 6.87. The lowest BCUT2D eigenvalue weighted by Gasteiger charge is -2.34. The molecule has 0 amide bonds. The SMILES string of the molecule is Cc1nc(NC2CCCC(C)C2C)ccc1[N+](=O)[O-]. The molecule has 1 aromatic heterocycles. The summed E-state index contributed by atoms with van der Waals surface area (Å²) in [5.41, 5.74) is 0.544. The number of rotatable bonds is 3. The van der Waals surface area contributed by atoms with Gasteiger partial charge < -0.3 is 5.32 Å². The van der Waals surface area contributed by atoms with Gasteiger partial charge in [0.05, 0.1) is 4.92 Å². The van der Waals surface area contributed by atoms with Gasteiger partial charge in [0.1, 0.15) is 11.5 Å². The molecule has 0 aliphatic heterocycles. The number of nitrogens with zero attached hydrogens (tertiary/aromatic N) is 2. The number of pyridine rings is 1. The average molecular weight is 263 g/mol. The Balaban J connectivity index is 2.11. The van der Waals surface area contributed by atoms with Gasteiger partial charge in [0.15, 0.2) is 0 Å². The van der Waals surface area contributed by atoms with Crippen molar-refractivity contribution in [3.8, 4) is 0 Å². The highest BCUT2D eigenvalue weighted by atomic mass is 16.6. The lowest BCUT2D eigenvalue weighted by atomic mass is 9.78. The fourth-order valence-electron chi connectivity index (χ4n) is 2.80. The number of nitro groups is 1. The second-order valence-corrected chi connectivity index (χ2v) is 5.58. The van der Waals surface area contributed by atoms with Crippen LogP contribution in [-0.4, -0.2) is 15.9 Å². The van der Waals surface area contributed by atoms with E-state index < -0.39 is 4.92 Å². The Morgan fingerprint density at radius 3 is 2.74 bits per heavy atom. The van der Waals surface area contributed by atoms with Gasteiger partial charge >= 0.3 is 0 Å². The molecule has 104 valence electrons. The molecule has 0 radical (unpaired) electrons. The number of nitrogens with one attached hydrogen (secondary N) is 1. The maximum atomic E-state index is 10.8. The smallest absolute Gasteiger partial charge is 0.290 e. The molecule has 3 unspecified atom stereocenters. The van der Waals surface area contributed by atoms with Crippen molar-refractivity contribution in [2.75, 3.05) is 5.32 Å². The van der Waals surface area contributed by atoms with Crippen LogP contribution in [0.5, 0.6) is 0 Å². The molecule has 1 aromatic rings. The Morgan fingerprint density at radius 2 is 2.11 bits per heavy atom. The molecule has 19 heavy (non-hydrogen) atoms. The van der Waals surface area contributed by atoms with Crippen molar-refractivity contribution in [2.45, 2.75) is 46.1 Å². The molecule has 1 fully saturated rings. The minimum Gasteiger partial charge on any atom is -0.367 e. The average Bonchev–Trinajstić information content (AvgIpc) is 2.34. The summed E-state index contributed by atoms with van der Waals surface area (Å²) in [5.74, 6) is 2.06. The molecule has 5 heteroatoms. The third-order valence-corrected chi connectivity index (χ3v) is 4.29. The molecular formula is C14H21N3O2. The van der Waals surface area contributed by atoms with Crippen LogP contribution in [0.25, 0.3) is 0 Å². The first-order chi connectivity index (χ1) is 8.99. The Labute approximate surface area is 113 Å². The first kappa shape index (κ1) is 13.8. The van der Waals surface area contributed by atoms with Crippen molar-refractivity contribution < 1.29 is 4.92 Å². The Hall–Kier alpha value is -1.65. The second kappa shape index (κ2) is 5.55. The molecule has 1 heterocycles. The second-order valence-electron chi connectivity index (χ2n) is 5.58. The molecule has 5 nitrogen and oxygen atoms in total. The summed E-state index contributed by atoms with van der Waals surface area (Å²) in [5, 5.41) is 14.2. The zero-order valence-electron chi connectivity index (χ0n) is 11.7. The molecule has 1 N–H and O–H groups in total. The van der Waals surface area contributed by atoms with E-state index >= 15 is 0 Å². The summed E-state index contributed by atoms with van der Waals surface area (Å²) in [6.07, 6.45) is 3.66. The van der Waals surface area contributed by atoms with E-state index in [0.717, 1.165) is 12.2 Å². The molecule has 3 atom stereocenters. The number of aryl methyl sites for hydroxylation is 1. The normalized spacial score (nSPS) is 27.0. The zero-order chi connectivity index (χ0) is 14.0. The van der Waals surface area contributed by atoms with Crippen LogP contribution >= 0.6 is 0 Å². The molecule has 1 aliphatic carbocycles. The van der Waals surface area contributed by atoms with Crippen LogP contribution < -0.4 is 5.32 Å². The lowest BCUT2D eigenvalue weighted by molar-refractivity contribution is -0.385. The highest BCUT2D eigenvalue weighted by molar-refractivity contribution is 5.45. The van der Waals surface area contributed by atoms with E-state index in [9.17, 15) is 10.1 Å². The van der Waals surface area contributed by atoms with Crippen LogP contribution in [0, 0.1) is 28.9 Å². The van der Waals surface area contributed by atoms with E-state index in [1.54, 1.807) is 13.0 Å². The maximum absolute atomic E-state index is 10.8. The topological polar surface area (TPSA) is 68.1 Å². The van der Waals surface area contributed by atoms with Crippen LogP contribution in [0.2, 0.25) is 0 Å². The number of aromatic nitrogens is 1. The van der Waals surface area contributed by atoms with Crippen LogP contribution in [0.4, 0.5) is 11.5 Å². The van der Waals surface area contributed by atoms with E-state index in [4.69, 9.17) is 0 Å². The number of hydrogen-bond donors (Lipinski definition) is 1. The largest absolute Gasteiger partial charge is 0.367 e. The summed E-state index contributed by atoms with van der Waals surface area (Å²) in [7, 11) is 0. The van der Waals surface area contributed by atoms with Crippen molar-refractivity contribution in [1.29, 1.82) is 0 Å². The van der Waals surface area contributed by atoms with Gasteiger partial charge in [-0.15, -0.1) is 0 Å². The molecule has 0 bridgehead atoms. The van der Waals surface area contributed by atoms with Crippen molar-refractivity contribution in [1.82, 2.24) is 4.98 Å². The van der Waals surface area contributed by atoms with Crippen molar-refractivity contribution in [2.24, 2.45) is 11.8 Å². The molecule has 2 rings (SSSR count). The van der Waals surface area contributed by atoms with Gasteiger partial charge in [-0.2, -0.15) is 0 Å². The van der Waals surface area contributed by atoms with E-state index in [1.807, 2.05) is 0 Å². The third kappa shape index (κ3) is 3.03. The lowest BCUT2D eigenvalue weighted by Crippen LogP contribution is -2.35. The summed E-state index contributed by atoms with van der Waals surface area (Å²) in [4.78, 5) is 14.7. The van der Waals surface area contributed by atoms with Crippen LogP contribution in [0.1, 0.15) is 38.8 Å². The van der Waals surface area contributed by atoms with Crippen LogP contribution in [-0.2, 0) is 0 Å². The Kier molecular flexibility index (Phi) is 4.02. The van der Waals surface area contributed by atoms with E-state index in [2.05, 4.69) is 24.1 Å². The van der Waals surface area contributed by atoms with Gasteiger partial charge in [-0.25, -0.2) is 4.98 Å². The monoisotopic (exact) mass is 263 g/mol. The van der Waals surface area contributed by atoms with Gasteiger partial charge in [0, 0.05) is 12.1 Å². The van der Waals surface area contributed by atoms with Crippen molar-refractivity contribution in [3.05, 3.63) is 27.9 Å². The molecule has 0 spiro atoms. The van der Waals surface area contributed by atoms with Gasteiger partial charge in [0.2, 0.25) is 0 Å². The molecule has 0 saturated heterocycles. The highest BCUT2D eigenvalue weighted by Gasteiger charge is 2.27. The Morgan fingerprint density at radius 1 is 1.37 bits per heavy atom. The third-order valence-electron chi connectivity index (χ3n) is 4.29. The van der Waals surface area contributed by atoms with E-state index in [-0.39, 0.29) is 5.69 Å². The minimum atomic E-state index is -0.391. The number of hydrogen-bond acceptors (Lipinski definition) is 4. The minimum absolute atomic E-state index is 0.0793. The summed E-state index contributed by atoms with van der Waals surface area (Å²) >= 11 is 0. The fraction of sp³-hybridized carbons (Fsp3) is 0.643. The van der Waals surface area contributed by atoms with Crippen molar-refractivity contribution in [3.63, 3.8) is 0 Å². The van der Waals surface area contributed by atoms with Gasteiger partial charge in [0.25, 0.3) is 5.69 Å². The first-order valence-corrected chi connectivity index (χ1v) is 6.87. The highest BCUT2D eigenvalue weighted by Crippen LogP contribution is 2.31. The predicted molar refractivity (Wildman–Crippen MR) is 75.2 cm³/mol. The van der Waals surface area contributed by atoms with Crippen molar-refractivity contribution >= 4 is 11.5 Å². The summed E-state index contributed by atoms with van der Waals surface area (Å²) < 4.78 is 0. The number of anilines is 1. The standard InChI is InChI=1S/C14H21N3O2/c1-9-5-4-6-12(10(9)2)16-14-8-7-13(17(18)19)11(3)15-14/h7-10,12H,4-6H2,1-3H3,(H,15,16). The maximum Gasteiger partial charge on any atom is 0.290 e. The van der Waals surface area contributed by atoms with Crippen LogP contribution in [0.3, 0.4) is 0 Å². The Bertz CT molecular complexity index is 476. The molecular weight excluding hydrogens is 242 g/mol. The van der Waals surface area contributed by atoms with E-state index in [0.29, 0.717) is 23.6 Å². The fourth-order valence-corrected chi connectivity index (χ4v) is 2.80. The van der Waals surface area contributed by atoms with Crippen LogP contribution in [0.15, 0.2) is 12.1 Å². The zero-order valence-corrected chi connectivity index (χ0v) is 11.7. The van der Waals surface area contributed by atoms with Gasteiger partial charge in [-0.3, -0.25) is 10.1 Å². The van der Waals surface area contributed by atoms with Gasteiger partial charge in [-0.05, 0) is 31.2 Å². The summed E-state index contributed by atoms with van der Waals surface area (Å²) in [6.45, 7) is 6.23. The van der Waals surface area contributed by atoms with E-state index in [1.165, 1.54) is 18.9 Å². The molecule has 1 saturated carbocycles. The molecule has 0 aromatic carbocycles. The van der Waals surface area contributed by atoms with Gasteiger partial charge in [-0.1, -0.05) is 26.7 Å². The predicted octanol–water partition coefficient (Wildman–Crippen LogP) is 3.53. The molecule has 1 aliphatic rings. The quantitative estimate of drug-likeness (QED) is 0.669.